The lowest BCUT2D eigenvalue weighted by Crippen LogP contribution is -2.38. The highest BCUT2D eigenvalue weighted by molar-refractivity contribution is 9.11. The summed E-state index contributed by atoms with van der Waals surface area (Å²) >= 11 is 14.1. The Balaban J connectivity index is 2.26. The van der Waals surface area contributed by atoms with Crippen molar-refractivity contribution >= 4 is 63.7 Å². The number of hydrogen-bond donors (Lipinski definition) is 2. The zero-order valence-electron chi connectivity index (χ0n) is 16.1. The van der Waals surface area contributed by atoms with Gasteiger partial charge in [0.25, 0.3) is 0 Å². The van der Waals surface area contributed by atoms with E-state index in [4.69, 9.17) is 0 Å². The molecule has 1 aliphatic rings. The number of halogens is 4. The normalized spacial score (nSPS) is 19.6. The van der Waals surface area contributed by atoms with Crippen LogP contribution in [0.4, 0.5) is 0 Å². The summed E-state index contributed by atoms with van der Waals surface area (Å²) in [5, 5.41) is 20.5. The van der Waals surface area contributed by atoms with Crippen LogP contribution in [0.5, 0.6) is 11.5 Å². The van der Waals surface area contributed by atoms with Crippen LogP contribution in [0.1, 0.15) is 57.6 Å². The zero-order valence-corrected chi connectivity index (χ0v) is 22.5. The van der Waals surface area contributed by atoms with Gasteiger partial charge >= 0.3 is 0 Å². The maximum atomic E-state index is 10.2. The van der Waals surface area contributed by atoms with Crippen molar-refractivity contribution in [1.82, 2.24) is 0 Å². The van der Waals surface area contributed by atoms with E-state index < -0.39 is 0 Å². The van der Waals surface area contributed by atoms with Crippen LogP contribution in [0, 0.1) is 11.3 Å². The molecule has 0 radical (unpaired) electrons. The summed E-state index contributed by atoms with van der Waals surface area (Å²) in [5.41, 5.74) is 2.35. The maximum Gasteiger partial charge on any atom is 0.143 e. The van der Waals surface area contributed by atoms with E-state index in [2.05, 4.69) is 84.5 Å². The fourth-order valence-corrected chi connectivity index (χ4v) is 6.76. The third-order valence-corrected chi connectivity index (χ3v) is 8.53. The molecule has 1 unspecified atom stereocenters. The number of aromatic hydroxyl groups is 2. The molecule has 0 amide bonds. The second-order valence-corrected chi connectivity index (χ2v) is 12.2. The molecule has 2 aromatic rings. The average molecular weight is 640 g/mol. The molecule has 0 saturated heterocycles. The first-order valence-electron chi connectivity index (χ1n) is 9.32. The predicted molar refractivity (Wildman–Crippen MR) is 129 cm³/mol. The Morgan fingerprint density at radius 1 is 0.821 bits per heavy atom. The first-order valence-corrected chi connectivity index (χ1v) is 12.5. The molecule has 2 nitrogen and oxygen atoms in total. The fourth-order valence-electron chi connectivity index (χ4n) is 4.39. The Hall–Kier alpha value is -0.0400. The molecule has 0 bridgehead atoms. The molecule has 2 aromatic carbocycles. The smallest absolute Gasteiger partial charge is 0.143 e. The van der Waals surface area contributed by atoms with E-state index in [1.54, 1.807) is 0 Å². The molecule has 1 fully saturated rings. The van der Waals surface area contributed by atoms with E-state index in [0.29, 0.717) is 23.8 Å². The quantitative estimate of drug-likeness (QED) is 0.345. The van der Waals surface area contributed by atoms with Gasteiger partial charge in [0, 0.05) is 5.41 Å². The summed E-state index contributed by atoms with van der Waals surface area (Å²) in [4.78, 5) is 0. The summed E-state index contributed by atoms with van der Waals surface area (Å²) in [6.07, 6.45) is 4.39. The Labute approximate surface area is 200 Å². The van der Waals surface area contributed by atoms with Crippen LogP contribution in [0.2, 0.25) is 0 Å². The summed E-state index contributed by atoms with van der Waals surface area (Å²) in [7, 11) is 0. The van der Waals surface area contributed by atoms with Crippen molar-refractivity contribution in [3.05, 3.63) is 53.3 Å². The number of phenols is 2. The molecule has 0 aromatic heterocycles. The molecule has 1 aliphatic carbocycles. The van der Waals surface area contributed by atoms with Gasteiger partial charge in [0.05, 0.1) is 17.9 Å². The fraction of sp³-hybridized carbons (Fsp3) is 0.455. The van der Waals surface area contributed by atoms with Gasteiger partial charge in [-0.3, -0.25) is 0 Å². The van der Waals surface area contributed by atoms with E-state index in [1.165, 1.54) is 17.5 Å². The van der Waals surface area contributed by atoms with E-state index in [-0.39, 0.29) is 22.3 Å². The SMILES string of the molecule is CC(C)(C)C1CCCC(c2cc(Br)c(O)c(Br)c2)(c2cc(Br)c(O)c(Br)c2)C1. The monoisotopic (exact) mass is 636 g/mol. The lowest BCUT2D eigenvalue weighted by atomic mass is 9.58. The Kier molecular flexibility index (Phi) is 6.66. The molecule has 1 saturated carbocycles. The van der Waals surface area contributed by atoms with E-state index in [1.807, 2.05) is 24.3 Å². The van der Waals surface area contributed by atoms with Crippen LogP contribution in [0.3, 0.4) is 0 Å². The molecule has 2 N–H and O–H groups in total. The number of benzene rings is 2. The van der Waals surface area contributed by atoms with Gasteiger partial charge in [0.15, 0.2) is 0 Å². The molecule has 0 aliphatic heterocycles. The van der Waals surface area contributed by atoms with Crippen LogP contribution >= 0.6 is 63.7 Å². The molecule has 6 heteroatoms. The highest BCUT2D eigenvalue weighted by Crippen LogP contribution is 2.54. The second kappa shape index (κ2) is 8.24. The van der Waals surface area contributed by atoms with Crippen LogP contribution in [-0.2, 0) is 5.41 Å². The van der Waals surface area contributed by atoms with Crippen LogP contribution in [0.25, 0.3) is 0 Å². The van der Waals surface area contributed by atoms with Gasteiger partial charge < -0.3 is 10.2 Å². The number of hydrogen-bond acceptors (Lipinski definition) is 2. The zero-order chi connectivity index (χ0) is 20.9. The minimum atomic E-state index is -0.201. The molecule has 1 atom stereocenters. The largest absolute Gasteiger partial charge is 0.506 e. The number of phenolic OH excluding ortho intramolecular Hbond substituents is 2. The lowest BCUT2D eigenvalue weighted by molar-refractivity contribution is 0.136. The van der Waals surface area contributed by atoms with E-state index in [9.17, 15) is 10.2 Å². The second-order valence-electron chi connectivity index (χ2n) is 8.82. The average Bonchev–Trinajstić information content (AvgIpc) is 2.62. The van der Waals surface area contributed by atoms with Gasteiger partial charge in [-0.1, -0.05) is 27.2 Å². The Bertz CT molecular complexity index is 798. The standard InChI is InChI=1S/C22H24Br4O2/c1-21(2,3)12-5-4-6-22(11-12,13-7-15(23)19(27)16(24)8-13)14-9-17(25)20(28)18(26)10-14/h7-10,12,27-28H,4-6,11H2,1-3H3. The van der Waals surface area contributed by atoms with Crippen molar-refractivity contribution in [3.63, 3.8) is 0 Å². The molecule has 0 heterocycles. The summed E-state index contributed by atoms with van der Waals surface area (Å²) in [6, 6.07) is 8.17. The Morgan fingerprint density at radius 2 is 1.21 bits per heavy atom. The molecule has 152 valence electrons. The van der Waals surface area contributed by atoms with E-state index >= 15 is 0 Å². The van der Waals surface area contributed by atoms with Crippen LogP contribution < -0.4 is 0 Å². The Morgan fingerprint density at radius 3 is 1.57 bits per heavy atom. The molecule has 3 rings (SSSR count). The summed E-state index contributed by atoms with van der Waals surface area (Å²) in [5.74, 6) is 1.00. The molecular weight excluding hydrogens is 616 g/mol. The van der Waals surface area contributed by atoms with Gasteiger partial charge in [0.1, 0.15) is 11.5 Å². The van der Waals surface area contributed by atoms with Gasteiger partial charge in [-0.05, 0) is 130 Å². The van der Waals surface area contributed by atoms with Gasteiger partial charge in [0.2, 0.25) is 0 Å². The van der Waals surface area contributed by atoms with Crippen LogP contribution in [0.15, 0.2) is 42.2 Å². The third-order valence-electron chi connectivity index (χ3n) is 6.11. The molecular formula is C22H24Br4O2. The van der Waals surface area contributed by atoms with Crippen molar-refractivity contribution < 1.29 is 10.2 Å². The minimum absolute atomic E-state index is 0.201. The van der Waals surface area contributed by atoms with Crippen molar-refractivity contribution in [3.8, 4) is 11.5 Å². The topological polar surface area (TPSA) is 40.5 Å². The molecule has 0 spiro atoms. The van der Waals surface area contributed by atoms with Gasteiger partial charge in [-0.2, -0.15) is 0 Å². The first kappa shape index (κ1) is 22.6. The predicted octanol–water partition coefficient (Wildman–Crippen LogP) is 8.67. The van der Waals surface area contributed by atoms with Crippen LogP contribution in [-0.4, -0.2) is 10.2 Å². The third kappa shape index (κ3) is 4.21. The van der Waals surface area contributed by atoms with Gasteiger partial charge in [-0.15, -0.1) is 0 Å². The number of rotatable bonds is 2. The summed E-state index contributed by atoms with van der Waals surface area (Å²) in [6.45, 7) is 6.96. The first-order chi connectivity index (χ1) is 13.0. The van der Waals surface area contributed by atoms with Crippen molar-refractivity contribution in [1.29, 1.82) is 0 Å². The van der Waals surface area contributed by atoms with Crippen molar-refractivity contribution in [2.45, 2.75) is 51.9 Å². The molecule has 28 heavy (non-hydrogen) atoms. The maximum absolute atomic E-state index is 10.2. The lowest BCUT2D eigenvalue weighted by Gasteiger charge is -2.46. The highest BCUT2D eigenvalue weighted by Gasteiger charge is 2.43. The summed E-state index contributed by atoms with van der Waals surface area (Å²) < 4.78 is 2.74. The van der Waals surface area contributed by atoms with Crippen molar-refractivity contribution in [2.24, 2.45) is 11.3 Å². The highest BCUT2D eigenvalue weighted by atomic mass is 79.9. The minimum Gasteiger partial charge on any atom is -0.506 e. The van der Waals surface area contributed by atoms with Gasteiger partial charge in [-0.25, -0.2) is 0 Å². The van der Waals surface area contributed by atoms with Crippen molar-refractivity contribution in [2.75, 3.05) is 0 Å². The van der Waals surface area contributed by atoms with E-state index in [0.717, 1.165) is 19.3 Å².